The molecule has 2 aromatic carbocycles. The molecule has 0 fully saturated rings. The molecule has 1 aliphatic heterocycles. The third kappa shape index (κ3) is 4.64. The van der Waals surface area contributed by atoms with Crippen molar-refractivity contribution in [3.8, 4) is 0 Å². The van der Waals surface area contributed by atoms with E-state index in [4.69, 9.17) is 0 Å². The summed E-state index contributed by atoms with van der Waals surface area (Å²) in [7, 11) is 2.16. The van der Waals surface area contributed by atoms with E-state index in [2.05, 4.69) is 133 Å². The molecule has 2 nitrogen and oxygen atoms in total. The molecule has 2 heteroatoms. The van der Waals surface area contributed by atoms with Crippen molar-refractivity contribution in [1.82, 2.24) is 4.90 Å². The normalized spacial score (nSPS) is 17.5. The third-order valence-corrected chi connectivity index (χ3v) is 6.18. The summed E-state index contributed by atoms with van der Waals surface area (Å²) in [5.74, 6) is 0. The highest BCUT2D eigenvalue weighted by atomic mass is 15.2. The SMILES string of the molecule is CC1=CC(N(c2ccc(C(C)(C)C)cc2)c2ccc(C(C)(C)C)cc2)=CC(C)N1C. The average Bonchev–Trinajstić information content (AvgIpc) is 2.66. The van der Waals surface area contributed by atoms with E-state index in [1.165, 1.54) is 33.9 Å². The van der Waals surface area contributed by atoms with Crippen molar-refractivity contribution in [3.05, 3.63) is 83.2 Å². The standard InChI is InChI=1S/C28H38N2/c1-20-18-26(19-21(2)29(20)9)30(24-14-10-22(11-15-24)27(3,4)5)25-16-12-23(13-17-25)28(6,7)8/h10-20H,1-9H3. The Bertz CT molecular complexity index is 875. The molecule has 0 bridgehead atoms. The van der Waals surface area contributed by atoms with Crippen LogP contribution in [0.5, 0.6) is 0 Å². The lowest BCUT2D eigenvalue weighted by atomic mass is 9.86. The first-order valence-electron chi connectivity index (χ1n) is 11.0. The van der Waals surface area contributed by atoms with E-state index in [-0.39, 0.29) is 10.8 Å². The largest absolute Gasteiger partial charge is 0.372 e. The smallest absolute Gasteiger partial charge is 0.0461 e. The minimum Gasteiger partial charge on any atom is -0.372 e. The summed E-state index contributed by atoms with van der Waals surface area (Å²) in [5.41, 5.74) is 7.90. The molecule has 0 saturated heterocycles. The molecule has 0 spiro atoms. The highest BCUT2D eigenvalue weighted by Gasteiger charge is 2.22. The van der Waals surface area contributed by atoms with E-state index in [0.717, 1.165) is 0 Å². The molecule has 0 amide bonds. The van der Waals surface area contributed by atoms with Gasteiger partial charge in [0.2, 0.25) is 0 Å². The van der Waals surface area contributed by atoms with Gasteiger partial charge >= 0.3 is 0 Å². The van der Waals surface area contributed by atoms with E-state index in [0.29, 0.717) is 6.04 Å². The van der Waals surface area contributed by atoms with Crippen LogP contribution in [0.15, 0.2) is 72.1 Å². The molecule has 1 aliphatic rings. The first kappa shape index (κ1) is 22.2. The third-order valence-electron chi connectivity index (χ3n) is 6.18. The fourth-order valence-electron chi connectivity index (χ4n) is 3.85. The Labute approximate surface area is 183 Å². The average molecular weight is 403 g/mol. The predicted molar refractivity (Wildman–Crippen MR) is 131 cm³/mol. The minimum atomic E-state index is 0.148. The number of hydrogen-bond acceptors (Lipinski definition) is 2. The van der Waals surface area contributed by atoms with Crippen molar-refractivity contribution < 1.29 is 0 Å². The zero-order chi connectivity index (χ0) is 22.3. The summed E-state index contributed by atoms with van der Waals surface area (Å²) in [6, 6.07) is 18.4. The molecular weight excluding hydrogens is 364 g/mol. The Kier molecular flexibility index (Phi) is 5.91. The highest BCUT2D eigenvalue weighted by molar-refractivity contribution is 5.71. The van der Waals surface area contributed by atoms with Crippen LogP contribution in [0.25, 0.3) is 0 Å². The van der Waals surface area contributed by atoms with Crippen LogP contribution in [0.3, 0.4) is 0 Å². The van der Waals surface area contributed by atoms with Crippen LogP contribution in [-0.4, -0.2) is 18.0 Å². The van der Waals surface area contributed by atoms with Crippen LogP contribution in [0, 0.1) is 0 Å². The second-order valence-corrected chi connectivity index (χ2v) is 10.7. The van der Waals surface area contributed by atoms with Gasteiger partial charge in [0.25, 0.3) is 0 Å². The van der Waals surface area contributed by atoms with Gasteiger partial charge in [0.05, 0.1) is 0 Å². The van der Waals surface area contributed by atoms with Gasteiger partial charge in [-0.1, -0.05) is 65.8 Å². The molecule has 3 rings (SSSR count). The Balaban J connectivity index is 2.09. The molecule has 0 N–H and O–H groups in total. The molecule has 0 aliphatic carbocycles. The van der Waals surface area contributed by atoms with Gasteiger partial charge < -0.3 is 9.80 Å². The summed E-state index contributed by atoms with van der Waals surface area (Å²) in [6.45, 7) is 18.0. The molecule has 30 heavy (non-hydrogen) atoms. The lowest BCUT2D eigenvalue weighted by Gasteiger charge is -2.35. The van der Waals surface area contributed by atoms with Gasteiger partial charge in [-0.25, -0.2) is 0 Å². The number of anilines is 2. The molecule has 0 saturated carbocycles. The minimum absolute atomic E-state index is 0.148. The van der Waals surface area contributed by atoms with Crippen molar-refractivity contribution >= 4 is 11.4 Å². The van der Waals surface area contributed by atoms with E-state index in [1.807, 2.05) is 0 Å². The van der Waals surface area contributed by atoms with Gasteiger partial charge in [-0.05, 0) is 72.2 Å². The molecule has 2 aromatic rings. The van der Waals surface area contributed by atoms with Gasteiger partial charge in [-0.2, -0.15) is 0 Å². The van der Waals surface area contributed by atoms with Gasteiger partial charge in [0.15, 0.2) is 0 Å². The van der Waals surface area contributed by atoms with Gasteiger partial charge in [-0.15, -0.1) is 0 Å². The zero-order valence-electron chi connectivity index (χ0n) is 20.2. The Morgan fingerprint density at radius 1 is 0.733 bits per heavy atom. The summed E-state index contributed by atoms with van der Waals surface area (Å²) in [5, 5.41) is 0. The number of hydrogen-bond donors (Lipinski definition) is 0. The van der Waals surface area contributed by atoms with Gasteiger partial charge in [-0.3, -0.25) is 0 Å². The fourth-order valence-corrected chi connectivity index (χ4v) is 3.85. The Morgan fingerprint density at radius 2 is 1.13 bits per heavy atom. The van der Waals surface area contributed by atoms with Crippen molar-refractivity contribution in [2.24, 2.45) is 0 Å². The van der Waals surface area contributed by atoms with E-state index >= 15 is 0 Å². The van der Waals surface area contributed by atoms with Crippen molar-refractivity contribution in [3.63, 3.8) is 0 Å². The number of benzene rings is 2. The van der Waals surface area contributed by atoms with Crippen LogP contribution in [0.1, 0.15) is 66.5 Å². The van der Waals surface area contributed by atoms with Crippen LogP contribution in [-0.2, 0) is 10.8 Å². The van der Waals surface area contributed by atoms with E-state index in [1.54, 1.807) is 0 Å². The molecule has 1 heterocycles. The molecule has 0 aromatic heterocycles. The monoisotopic (exact) mass is 402 g/mol. The summed E-state index contributed by atoms with van der Waals surface area (Å²) >= 11 is 0. The topological polar surface area (TPSA) is 6.48 Å². The first-order valence-corrected chi connectivity index (χ1v) is 11.0. The second kappa shape index (κ2) is 7.98. The number of likely N-dealkylation sites (N-methyl/N-ethyl adjacent to an activating group) is 1. The summed E-state index contributed by atoms with van der Waals surface area (Å²) in [4.78, 5) is 4.69. The second-order valence-electron chi connectivity index (χ2n) is 10.7. The van der Waals surface area contributed by atoms with Crippen LogP contribution in [0.4, 0.5) is 11.4 Å². The van der Waals surface area contributed by atoms with Crippen molar-refractivity contribution in [1.29, 1.82) is 0 Å². The van der Waals surface area contributed by atoms with Crippen molar-refractivity contribution in [2.45, 2.75) is 72.3 Å². The predicted octanol–water partition coefficient (Wildman–Crippen LogP) is 7.54. The number of nitrogens with zero attached hydrogens (tertiary/aromatic N) is 2. The quantitative estimate of drug-likeness (QED) is 0.523. The Hall–Kier alpha value is -2.48. The molecule has 1 atom stereocenters. The van der Waals surface area contributed by atoms with Crippen molar-refractivity contribution in [2.75, 3.05) is 11.9 Å². The highest BCUT2D eigenvalue weighted by Crippen LogP contribution is 2.36. The fraction of sp³-hybridized carbons (Fsp3) is 0.429. The van der Waals surface area contributed by atoms with Crippen LogP contribution < -0.4 is 4.90 Å². The number of allylic oxidation sites excluding steroid dienone is 2. The lowest BCUT2D eigenvalue weighted by Crippen LogP contribution is -2.31. The number of rotatable bonds is 3. The first-order chi connectivity index (χ1) is 13.9. The maximum absolute atomic E-state index is 2.38. The lowest BCUT2D eigenvalue weighted by molar-refractivity contribution is 0.366. The molecular formula is C28H38N2. The maximum atomic E-state index is 2.38. The summed E-state index contributed by atoms with van der Waals surface area (Å²) in [6.07, 6.45) is 4.64. The molecule has 160 valence electrons. The van der Waals surface area contributed by atoms with E-state index in [9.17, 15) is 0 Å². The Morgan fingerprint density at radius 3 is 1.47 bits per heavy atom. The van der Waals surface area contributed by atoms with Gasteiger partial charge in [0, 0.05) is 35.9 Å². The van der Waals surface area contributed by atoms with E-state index < -0.39 is 0 Å². The summed E-state index contributed by atoms with van der Waals surface area (Å²) < 4.78 is 0. The molecule has 0 radical (unpaired) electrons. The van der Waals surface area contributed by atoms with Crippen LogP contribution >= 0.6 is 0 Å². The molecule has 1 unspecified atom stereocenters. The van der Waals surface area contributed by atoms with Gasteiger partial charge in [0.1, 0.15) is 0 Å². The van der Waals surface area contributed by atoms with Crippen LogP contribution in [0.2, 0.25) is 0 Å². The zero-order valence-corrected chi connectivity index (χ0v) is 20.2. The maximum Gasteiger partial charge on any atom is 0.0461 e.